The van der Waals surface area contributed by atoms with Gasteiger partial charge in [-0.2, -0.15) is 0 Å². The standard InChI is InChI=1S/C17H27N3O/c1-12-4-3-5-13(10-12)8-9-20-16-11-14(17(21)19-2)6-7-15(16)18/h6-7,11-13,20H,3-5,8-10,18H2,1-2H3,(H,19,21). The number of hydrogen-bond acceptors (Lipinski definition) is 3. The van der Waals surface area contributed by atoms with Gasteiger partial charge in [-0.05, 0) is 42.9 Å². The average molecular weight is 289 g/mol. The lowest BCUT2D eigenvalue weighted by Crippen LogP contribution is -2.19. The van der Waals surface area contributed by atoms with E-state index in [1.807, 2.05) is 6.07 Å². The van der Waals surface area contributed by atoms with Crippen LogP contribution >= 0.6 is 0 Å². The van der Waals surface area contributed by atoms with Crippen LogP contribution in [0.25, 0.3) is 0 Å². The van der Waals surface area contributed by atoms with Crippen LogP contribution in [-0.4, -0.2) is 19.5 Å². The van der Waals surface area contributed by atoms with Crippen molar-refractivity contribution in [2.45, 2.75) is 39.0 Å². The van der Waals surface area contributed by atoms with Gasteiger partial charge < -0.3 is 16.4 Å². The summed E-state index contributed by atoms with van der Waals surface area (Å²) in [7, 11) is 1.63. The Morgan fingerprint density at radius 3 is 2.90 bits per heavy atom. The fraction of sp³-hybridized carbons (Fsp3) is 0.588. The molecule has 0 radical (unpaired) electrons. The zero-order valence-corrected chi connectivity index (χ0v) is 13.1. The molecule has 1 aliphatic rings. The third-order valence-corrected chi connectivity index (χ3v) is 4.46. The monoisotopic (exact) mass is 289 g/mol. The van der Waals surface area contributed by atoms with Crippen LogP contribution in [0.5, 0.6) is 0 Å². The average Bonchev–Trinajstić information content (AvgIpc) is 2.48. The number of anilines is 2. The van der Waals surface area contributed by atoms with Gasteiger partial charge in [-0.3, -0.25) is 4.79 Å². The van der Waals surface area contributed by atoms with Crippen LogP contribution in [0.15, 0.2) is 18.2 Å². The Morgan fingerprint density at radius 2 is 2.19 bits per heavy atom. The molecule has 1 fully saturated rings. The van der Waals surface area contributed by atoms with Crippen molar-refractivity contribution in [1.29, 1.82) is 0 Å². The second-order valence-electron chi connectivity index (χ2n) is 6.23. The van der Waals surface area contributed by atoms with E-state index in [2.05, 4.69) is 17.6 Å². The van der Waals surface area contributed by atoms with Gasteiger partial charge in [0.15, 0.2) is 0 Å². The van der Waals surface area contributed by atoms with Crippen LogP contribution in [-0.2, 0) is 0 Å². The highest BCUT2D eigenvalue weighted by molar-refractivity contribution is 5.96. The fourth-order valence-electron chi connectivity index (χ4n) is 3.23. The van der Waals surface area contributed by atoms with Crippen molar-refractivity contribution >= 4 is 17.3 Å². The number of hydrogen-bond donors (Lipinski definition) is 3. The highest BCUT2D eigenvalue weighted by Crippen LogP contribution is 2.30. The maximum Gasteiger partial charge on any atom is 0.251 e. The van der Waals surface area contributed by atoms with Crippen LogP contribution < -0.4 is 16.4 Å². The van der Waals surface area contributed by atoms with Crippen molar-refractivity contribution < 1.29 is 4.79 Å². The number of nitrogens with one attached hydrogen (secondary N) is 2. The maximum absolute atomic E-state index is 11.7. The zero-order chi connectivity index (χ0) is 15.2. The Labute approximate surface area is 127 Å². The van der Waals surface area contributed by atoms with Crippen molar-refractivity contribution in [3.8, 4) is 0 Å². The van der Waals surface area contributed by atoms with Gasteiger partial charge in [-0.15, -0.1) is 0 Å². The number of benzene rings is 1. The van der Waals surface area contributed by atoms with Gasteiger partial charge in [0, 0.05) is 19.2 Å². The first-order valence-corrected chi connectivity index (χ1v) is 7.95. The van der Waals surface area contributed by atoms with Gasteiger partial charge in [0.25, 0.3) is 5.91 Å². The summed E-state index contributed by atoms with van der Waals surface area (Å²) in [5.74, 6) is 1.61. The highest BCUT2D eigenvalue weighted by Gasteiger charge is 2.18. The first-order valence-electron chi connectivity index (χ1n) is 7.95. The van der Waals surface area contributed by atoms with E-state index in [9.17, 15) is 4.79 Å². The Bertz CT molecular complexity index is 487. The van der Waals surface area contributed by atoms with Crippen molar-refractivity contribution in [2.75, 3.05) is 24.6 Å². The summed E-state index contributed by atoms with van der Waals surface area (Å²) in [6, 6.07) is 5.37. The Balaban J connectivity index is 1.88. The molecule has 0 aliphatic heterocycles. The molecule has 0 spiro atoms. The van der Waals surface area contributed by atoms with Gasteiger partial charge in [0.2, 0.25) is 0 Å². The molecule has 4 nitrogen and oxygen atoms in total. The van der Waals surface area contributed by atoms with Crippen LogP contribution in [0.4, 0.5) is 11.4 Å². The zero-order valence-electron chi connectivity index (χ0n) is 13.1. The molecule has 4 heteroatoms. The molecular formula is C17H27N3O. The first kappa shape index (κ1) is 15.7. The molecule has 1 aromatic rings. The van der Waals surface area contributed by atoms with Gasteiger partial charge in [0.1, 0.15) is 0 Å². The summed E-state index contributed by atoms with van der Waals surface area (Å²) in [5.41, 5.74) is 8.17. The number of rotatable bonds is 5. The molecule has 1 aliphatic carbocycles. The molecule has 2 unspecified atom stereocenters. The van der Waals surface area contributed by atoms with E-state index in [1.165, 1.54) is 32.1 Å². The smallest absolute Gasteiger partial charge is 0.251 e. The molecular weight excluding hydrogens is 262 g/mol. The molecule has 0 aromatic heterocycles. The third kappa shape index (κ3) is 4.38. The van der Waals surface area contributed by atoms with Crippen molar-refractivity contribution in [3.63, 3.8) is 0 Å². The molecule has 2 atom stereocenters. The molecule has 0 heterocycles. The lowest BCUT2D eigenvalue weighted by molar-refractivity contribution is 0.0963. The number of nitrogens with two attached hydrogens (primary N) is 1. The second kappa shape index (κ2) is 7.34. The number of amides is 1. The summed E-state index contributed by atoms with van der Waals surface area (Å²) in [5, 5.41) is 6.02. The Kier molecular flexibility index (Phi) is 5.48. The lowest BCUT2D eigenvalue weighted by Gasteiger charge is -2.26. The van der Waals surface area contributed by atoms with E-state index in [-0.39, 0.29) is 5.91 Å². The summed E-state index contributed by atoms with van der Waals surface area (Å²) >= 11 is 0. The molecule has 116 valence electrons. The van der Waals surface area contributed by atoms with E-state index < -0.39 is 0 Å². The molecule has 21 heavy (non-hydrogen) atoms. The predicted molar refractivity (Wildman–Crippen MR) is 88.5 cm³/mol. The minimum Gasteiger partial charge on any atom is -0.397 e. The van der Waals surface area contributed by atoms with Crippen LogP contribution in [0.2, 0.25) is 0 Å². The summed E-state index contributed by atoms with van der Waals surface area (Å²) in [6.07, 6.45) is 6.61. The fourth-order valence-corrected chi connectivity index (χ4v) is 3.23. The number of carbonyl (C=O) groups is 1. The Hall–Kier alpha value is -1.71. The molecule has 1 amide bonds. The predicted octanol–water partition coefficient (Wildman–Crippen LogP) is 3.26. The lowest BCUT2D eigenvalue weighted by atomic mass is 9.81. The topological polar surface area (TPSA) is 67.2 Å². The Morgan fingerprint density at radius 1 is 1.38 bits per heavy atom. The van der Waals surface area contributed by atoms with Gasteiger partial charge in [-0.25, -0.2) is 0 Å². The highest BCUT2D eigenvalue weighted by atomic mass is 16.1. The molecule has 1 aromatic carbocycles. The van der Waals surface area contributed by atoms with Crippen molar-refractivity contribution in [3.05, 3.63) is 23.8 Å². The molecule has 0 bridgehead atoms. The van der Waals surface area contributed by atoms with Crippen molar-refractivity contribution in [2.24, 2.45) is 11.8 Å². The quantitative estimate of drug-likeness (QED) is 0.729. The first-order chi connectivity index (χ1) is 10.1. The normalized spacial score (nSPS) is 21.8. The van der Waals surface area contributed by atoms with E-state index in [0.717, 1.165) is 24.1 Å². The van der Waals surface area contributed by atoms with Crippen LogP contribution in [0.3, 0.4) is 0 Å². The van der Waals surface area contributed by atoms with Crippen molar-refractivity contribution in [1.82, 2.24) is 5.32 Å². The summed E-state index contributed by atoms with van der Waals surface area (Å²) in [4.78, 5) is 11.7. The van der Waals surface area contributed by atoms with Gasteiger partial charge in [0.05, 0.1) is 11.4 Å². The molecule has 1 saturated carbocycles. The van der Waals surface area contributed by atoms with Crippen LogP contribution in [0.1, 0.15) is 49.4 Å². The minimum atomic E-state index is -0.0841. The van der Waals surface area contributed by atoms with Crippen LogP contribution in [0, 0.1) is 11.8 Å². The molecule has 2 rings (SSSR count). The third-order valence-electron chi connectivity index (χ3n) is 4.46. The van der Waals surface area contributed by atoms with Gasteiger partial charge in [-0.1, -0.05) is 26.2 Å². The number of carbonyl (C=O) groups excluding carboxylic acids is 1. The van der Waals surface area contributed by atoms with E-state index in [0.29, 0.717) is 11.3 Å². The van der Waals surface area contributed by atoms with E-state index in [4.69, 9.17) is 5.73 Å². The van der Waals surface area contributed by atoms with E-state index in [1.54, 1.807) is 19.2 Å². The largest absolute Gasteiger partial charge is 0.397 e. The SMILES string of the molecule is CNC(=O)c1ccc(N)c(NCCC2CCCC(C)C2)c1. The molecule has 0 saturated heterocycles. The van der Waals surface area contributed by atoms with E-state index >= 15 is 0 Å². The van der Waals surface area contributed by atoms with Gasteiger partial charge >= 0.3 is 0 Å². The maximum atomic E-state index is 11.7. The molecule has 4 N–H and O–H groups in total. The second-order valence-corrected chi connectivity index (χ2v) is 6.23. The number of nitrogen functional groups attached to an aromatic ring is 1. The summed E-state index contributed by atoms with van der Waals surface area (Å²) < 4.78 is 0. The minimum absolute atomic E-state index is 0.0841. The summed E-state index contributed by atoms with van der Waals surface area (Å²) in [6.45, 7) is 3.27.